The predicted molar refractivity (Wildman–Crippen MR) is 153 cm³/mol. The largest absolute Gasteiger partial charge is 0.395 e. The van der Waals surface area contributed by atoms with Crippen LogP contribution in [-0.2, 0) is 14.8 Å². The zero-order valence-corrected chi connectivity index (χ0v) is 23.8. The molecule has 10 nitrogen and oxygen atoms in total. The van der Waals surface area contributed by atoms with E-state index in [2.05, 4.69) is 19.8 Å². The number of aromatic nitrogens is 1. The van der Waals surface area contributed by atoms with Crippen molar-refractivity contribution in [2.75, 3.05) is 59.2 Å². The fraction of sp³-hybridized carbons (Fsp3) is 0.571. The van der Waals surface area contributed by atoms with Crippen LogP contribution in [0.3, 0.4) is 0 Å². The van der Waals surface area contributed by atoms with Crippen LogP contribution in [0.25, 0.3) is 0 Å². The summed E-state index contributed by atoms with van der Waals surface area (Å²) in [6.45, 7) is 8.70. The summed E-state index contributed by atoms with van der Waals surface area (Å²) in [5, 5.41) is 11.4. The van der Waals surface area contributed by atoms with Gasteiger partial charge in [0, 0.05) is 26.2 Å². The molecule has 1 spiro atoms. The Kier molecular flexibility index (Phi) is 7.76. The summed E-state index contributed by atoms with van der Waals surface area (Å²) in [5.41, 5.74) is 2.96. The molecule has 1 amide bonds. The number of amides is 1. The van der Waals surface area contributed by atoms with Gasteiger partial charge in [0.25, 0.3) is 5.91 Å². The predicted octanol–water partition coefficient (Wildman–Crippen LogP) is 3.37. The van der Waals surface area contributed by atoms with Crippen molar-refractivity contribution in [3.63, 3.8) is 0 Å². The summed E-state index contributed by atoms with van der Waals surface area (Å²) in [4.78, 5) is 22.7. The van der Waals surface area contributed by atoms with E-state index < -0.39 is 21.9 Å². The molecule has 1 aliphatic carbocycles. The molecule has 11 heteroatoms. The van der Waals surface area contributed by atoms with Gasteiger partial charge in [-0.05, 0) is 87.8 Å². The average Bonchev–Trinajstić information content (AvgIpc) is 3.66. The third-order valence-corrected chi connectivity index (χ3v) is 9.90. The number of aliphatic hydroxyl groups is 1. The van der Waals surface area contributed by atoms with Gasteiger partial charge in [-0.25, -0.2) is 13.4 Å². The quantitative estimate of drug-likeness (QED) is 0.451. The number of morpholine rings is 1. The topological polar surface area (TPSA) is 124 Å². The normalized spacial score (nSPS) is 21.5. The molecule has 1 unspecified atom stereocenters. The van der Waals surface area contributed by atoms with Gasteiger partial charge < -0.3 is 25.0 Å². The number of hydrogen-bond donors (Lipinski definition) is 3. The molecule has 2 aliphatic heterocycles. The second kappa shape index (κ2) is 10.9. The Balaban J connectivity index is 1.41. The van der Waals surface area contributed by atoms with Gasteiger partial charge in [-0.15, -0.1) is 0 Å². The zero-order valence-electron chi connectivity index (χ0n) is 22.9. The molecule has 39 heavy (non-hydrogen) atoms. The van der Waals surface area contributed by atoms with Crippen LogP contribution in [0.4, 0.5) is 23.0 Å². The van der Waals surface area contributed by atoms with Gasteiger partial charge in [0.05, 0.1) is 36.3 Å². The molecule has 2 saturated heterocycles. The molecule has 3 N–H and O–H groups in total. The van der Waals surface area contributed by atoms with Gasteiger partial charge in [-0.2, -0.15) is 0 Å². The average molecular weight is 558 g/mol. The van der Waals surface area contributed by atoms with Crippen molar-refractivity contribution in [2.45, 2.75) is 57.8 Å². The van der Waals surface area contributed by atoms with Crippen molar-refractivity contribution in [1.29, 1.82) is 0 Å². The Labute approximate surface area is 230 Å². The fourth-order valence-corrected chi connectivity index (χ4v) is 6.25. The summed E-state index contributed by atoms with van der Waals surface area (Å²) in [7, 11) is -3.77. The highest BCUT2D eigenvalue weighted by molar-refractivity contribution is 7.93. The van der Waals surface area contributed by atoms with Crippen LogP contribution >= 0.6 is 0 Å². The minimum absolute atomic E-state index is 0.109. The van der Waals surface area contributed by atoms with Crippen molar-refractivity contribution in [3.05, 3.63) is 41.5 Å². The number of hydrogen-bond acceptors (Lipinski definition) is 8. The summed E-state index contributed by atoms with van der Waals surface area (Å²) < 4.78 is 33.4. The molecular weight excluding hydrogens is 518 g/mol. The first-order chi connectivity index (χ1) is 18.6. The highest BCUT2D eigenvalue weighted by atomic mass is 32.2. The van der Waals surface area contributed by atoms with Crippen molar-refractivity contribution in [1.82, 2.24) is 4.98 Å². The standard InChI is InChI=1S/C28H39N5O5S/c1-19-14-25(29-26(15-19)33-12-13-38-20(2)17-33)30-27(35)23-5-4-22(31-39(36,37)21(3)18-34)16-24(23)32-10-8-28(6-7-28)9-11-32/h4-5,14-16,20-21,31,34H,6-13,17-18H2,1-3H3,(H,29,30,35)/t20-,21?/m1/s1. The minimum atomic E-state index is -3.77. The summed E-state index contributed by atoms with van der Waals surface area (Å²) in [6.07, 6.45) is 4.75. The Bertz CT molecular complexity index is 1320. The number of aryl methyl sites for hydroxylation is 1. The lowest BCUT2D eigenvalue weighted by molar-refractivity contribution is 0.0529. The number of piperidine rings is 1. The lowest BCUT2D eigenvalue weighted by Gasteiger charge is -2.35. The number of pyridine rings is 1. The van der Waals surface area contributed by atoms with E-state index in [0.29, 0.717) is 34.8 Å². The van der Waals surface area contributed by atoms with Crippen molar-refractivity contribution in [3.8, 4) is 0 Å². The maximum absolute atomic E-state index is 13.6. The molecular formula is C28H39N5O5S. The molecule has 0 bridgehead atoms. The molecule has 2 aromatic rings. The lowest BCUT2D eigenvalue weighted by Crippen LogP contribution is -2.41. The van der Waals surface area contributed by atoms with Crippen molar-refractivity contribution in [2.24, 2.45) is 5.41 Å². The Morgan fingerprint density at radius 1 is 1.15 bits per heavy atom. The number of nitrogens with zero attached hydrogens (tertiary/aromatic N) is 3. The second-order valence-corrected chi connectivity index (χ2v) is 13.4. The maximum Gasteiger partial charge on any atom is 0.258 e. The van der Waals surface area contributed by atoms with Crippen molar-refractivity contribution < 1.29 is 23.1 Å². The molecule has 2 atom stereocenters. The van der Waals surface area contributed by atoms with E-state index in [1.54, 1.807) is 18.2 Å². The maximum atomic E-state index is 13.6. The highest BCUT2D eigenvalue weighted by Crippen LogP contribution is 2.54. The van der Waals surface area contributed by atoms with Crippen LogP contribution in [0.2, 0.25) is 0 Å². The molecule has 3 fully saturated rings. The van der Waals surface area contributed by atoms with Crippen LogP contribution in [0.15, 0.2) is 30.3 Å². The molecule has 212 valence electrons. The third-order valence-electron chi connectivity index (χ3n) is 8.17. The number of carbonyl (C=O) groups is 1. The van der Waals surface area contributed by atoms with Crippen LogP contribution in [0.1, 0.15) is 55.5 Å². The van der Waals surface area contributed by atoms with Gasteiger partial charge in [0.15, 0.2) is 0 Å². The van der Waals surface area contributed by atoms with E-state index in [9.17, 15) is 18.3 Å². The number of nitrogens with one attached hydrogen (secondary N) is 2. The molecule has 1 aromatic carbocycles. The molecule has 3 heterocycles. The molecule has 1 saturated carbocycles. The van der Waals surface area contributed by atoms with E-state index in [-0.39, 0.29) is 12.0 Å². The monoisotopic (exact) mass is 557 g/mol. The first-order valence-electron chi connectivity index (χ1n) is 13.8. The first kappa shape index (κ1) is 27.7. The van der Waals surface area contributed by atoms with Gasteiger partial charge in [0.1, 0.15) is 16.9 Å². The second-order valence-electron chi connectivity index (χ2n) is 11.3. The summed E-state index contributed by atoms with van der Waals surface area (Å²) >= 11 is 0. The van der Waals surface area contributed by atoms with Gasteiger partial charge in [-0.3, -0.25) is 9.52 Å². The first-order valence-corrected chi connectivity index (χ1v) is 15.3. The smallest absolute Gasteiger partial charge is 0.258 e. The molecule has 0 radical (unpaired) electrons. The fourth-order valence-electron chi connectivity index (χ4n) is 5.40. The van der Waals surface area contributed by atoms with Crippen molar-refractivity contribution >= 4 is 38.9 Å². The third kappa shape index (κ3) is 6.31. The number of benzene rings is 1. The van der Waals surface area contributed by atoms with E-state index in [4.69, 9.17) is 9.72 Å². The number of aliphatic hydroxyl groups excluding tert-OH is 1. The summed E-state index contributed by atoms with van der Waals surface area (Å²) in [5.74, 6) is 0.973. The molecule has 5 rings (SSSR count). The number of carbonyl (C=O) groups excluding carboxylic acids is 1. The lowest BCUT2D eigenvalue weighted by atomic mass is 9.93. The Hall–Kier alpha value is -2.89. The number of sulfonamides is 1. The Morgan fingerprint density at radius 2 is 1.90 bits per heavy atom. The van der Waals surface area contributed by atoms with Gasteiger partial charge >= 0.3 is 0 Å². The Morgan fingerprint density at radius 3 is 2.56 bits per heavy atom. The minimum Gasteiger partial charge on any atom is -0.395 e. The zero-order chi connectivity index (χ0) is 27.8. The summed E-state index contributed by atoms with van der Waals surface area (Å²) in [6, 6.07) is 8.84. The van der Waals surface area contributed by atoms with E-state index in [1.165, 1.54) is 19.8 Å². The van der Waals surface area contributed by atoms with E-state index in [0.717, 1.165) is 50.4 Å². The van der Waals surface area contributed by atoms with Gasteiger partial charge in [0.2, 0.25) is 10.0 Å². The van der Waals surface area contributed by atoms with Crippen LogP contribution < -0.4 is 19.8 Å². The number of rotatable bonds is 8. The van der Waals surface area contributed by atoms with Crippen LogP contribution in [0.5, 0.6) is 0 Å². The van der Waals surface area contributed by atoms with E-state index >= 15 is 0 Å². The van der Waals surface area contributed by atoms with E-state index in [1.807, 2.05) is 26.0 Å². The van der Waals surface area contributed by atoms with Gasteiger partial charge in [-0.1, -0.05) is 0 Å². The molecule has 1 aromatic heterocycles. The highest BCUT2D eigenvalue weighted by Gasteiger charge is 2.44. The SMILES string of the molecule is Cc1cc(NC(=O)c2ccc(NS(=O)(=O)C(C)CO)cc2N2CCC3(CC2)CC3)nc(N2CCO[C@H](C)C2)c1. The number of anilines is 4. The number of ether oxygens (including phenoxy) is 1. The molecule has 3 aliphatic rings. The van der Waals surface area contributed by atoms with Crippen LogP contribution in [-0.4, -0.2) is 75.2 Å². The van der Waals surface area contributed by atoms with Crippen LogP contribution in [0, 0.1) is 12.3 Å².